The van der Waals surface area contributed by atoms with Crippen molar-refractivity contribution in [1.29, 1.82) is 0 Å². The molecule has 0 unspecified atom stereocenters. The lowest BCUT2D eigenvalue weighted by Crippen LogP contribution is -2.38. The van der Waals surface area contributed by atoms with E-state index in [9.17, 15) is 4.79 Å². The Bertz CT molecular complexity index is 1190. The lowest BCUT2D eigenvalue weighted by molar-refractivity contribution is -0.659. The number of hydrogen-bond acceptors (Lipinski definition) is 3. The molecule has 0 bridgehead atoms. The van der Waals surface area contributed by atoms with Crippen molar-refractivity contribution in [3.8, 4) is 11.3 Å². The predicted molar refractivity (Wildman–Crippen MR) is 113 cm³/mol. The van der Waals surface area contributed by atoms with E-state index in [1.807, 2.05) is 54.6 Å². The largest absolute Gasteiger partial charge is 0.481 e. The smallest absolute Gasteiger partial charge is 0.303 e. The van der Waals surface area contributed by atoms with Crippen LogP contribution >= 0.6 is 0 Å². The molecule has 0 atom stereocenters. The zero-order chi connectivity index (χ0) is 19.7. The van der Waals surface area contributed by atoms with Gasteiger partial charge in [0.15, 0.2) is 0 Å². The molecule has 0 radical (unpaired) electrons. The Balaban J connectivity index is 2.10. The summed E-state index contributed by atoms with van der Waals surface area (Å²) >= 11 is 0. The number of nitrogens with zero attached hydrogens (tertiary/aromatic N) is 1. The molecule has 5 heteroatoms. The van der Waals surface area contributed by atoms with Gasteiger partial charge >= 0.3 is 5.97 Å². The number of hydrogen-bond donors (Lipinski definition) is 3. The zero-order valence-corrected chi connectivity index (χ0v) is 15.4. The van der Waals surface area contributed by atoms with Crippen LogP contribution in [0.5, 0.6) is 0 Å². The van der Waals surface area contributed by atoms with Crippen molar-refractivity contribution >= 4 is 39.0 Å². The third-order valence-electron chi connectivity index (χ3n) is 4.99. The van der Waals surface area contributed by atoms with E-state index < -0.39 is 5.97 Å². The first-order valence-electron chi connectivity index (χ1n) is 9.26. The average molecular weight is 372 g/mol. The van der Waals surface area contributed by atoms with Gasteiger partial charge in [0, 0.05) is 34.8 Å². The summed E-state index contributed by atoms with van der Waals surface area (Å²) < 4.78 is 2.17. The Labute approximate surface area is 162 Å². The number of carbonyl (C=O) groups is 1. The molecule has 0 amide bonds. The highest BCUT2D eigenvalue weighted by Gasteiger charge is 2.23. The number of nitrogens with two attached hydrogens (primary N) is 2. The minimum atomic E-state index is -0.796. The molecule has 0 aliphatic rings. The molecule has 5 nitrogen and oxygen atoms in total. The van der Waals surface area contributed by atoms with E-state index in [-0.39, 0.29) is 6.42 Å². The molecule has 3 aromatic carbocycles. The lowest BCUT2D eigenvalue weighted by Gasteiger charge is -2.13. The van der Waals surface area contributed by atoms with Crippen LogP contribution < -0.4 is 16.0 Å². The molecular weight excluding hydrogens is 350 g/mol. The highest BCUT2D eigenvalue weighted by atomic mass is 16.4. The second-order valence-corrected chi connectivity index (χ2v) is 6.95. The van der Waals surface area contributed by atoms with Gasteiger partial charge in [0.05, 0.1) is 17.2 Å². The summed E-state index contributed by atoms with van der Waals surface area (Å²) in [7, 11) is 0. The van der Waals surface area contributed by atoms with E-state index in [0.717, 1.165) is 32.9 Å². The number of aliphatic carboxylic acids is 1. The van der Waals surface area contributed by atoms with Gasteiger partial charge in [0.1, 0.15) is 6.54 Å². The fourth-order valence-corrected chi connectivity index (χ4v) is 3.79. The average Bonchev–Trinajstić information content (AvgIpc) is 2.68. The molecule has 0 saturated heterocycles. The molecule has 4 aromatic rings. The number of carboxylic acids is 1. The number of carboxylic acid groups (broad SMARTS) is 1. The normalized spacial score (nSPS) is 11.1. The van der Waals surface area contributed by atoms with Gasteiger partial charge in [-0.1, -0.05) is 24.3 Å². The van der Waals surface area contributed by atoms with Crippen molar-refractivity contribution in [2.45, 2.75) is 19.4 Å². The van der Waals surface area contributed by atoms with Crippen LogP contribution in [0.3, 0.4) is 0 Å². The fourth-order valence-electron chi connectivity index (χ4n) is 3.79. The van der Waals surface area contributed by atoms with Gasteiger partial charge in [-0.2, -0.15) is 4.57 Å². The van der Waals surface area contributed by atoms with Crippen LogP contribution in [0.25, 0.3) is 32.9 Å². The van der Waals surface area contributed by atoms with Crippen molar-refractivity contribution < 1.29 is 14.5 Å². The molecule has 1 heterocycles. The van der Waals surface area contributed by atoms with E-state index in [1.54, 1.807) is 0 Å². The minimum absolute atomic E-state index is 0.111. The van der Waals surface area contributed by atoms with Crippen LogP contribution in [0.4, 0.5) is 11.4 Å². The molecule has 0 fully saturated rings. The number of aryl methyl sites for hydroxylation is 1. The topological polar surface area (TPSA) is 93.2 Å². The molecule has 28 heavy (non-hydrogen) atoms. The van der Waals surface area contributed by atoms with Crippen molar-refractivity contribution in [1.82, 2.24) is 0 Å². The number of aromatic nitrogens is 1. The van der Waals surface area contributed by atoms with Gasteiger partial charge in [0.25, 0.3) is 0 Å². The molecule has 1 aromatic heterocycles. The molecule has 4 rings (SSSR count). The predicted octanol–water partition coefficient (Wildman–Crippen LogP) is 3.98. The quantitative estimate of drug-likeness (QED) is 0.281. The fraction of sp³-hybridized carbons (Fsp3) is 0.130. The van der Waals surface area contributed by atoms with Crippen LogP contribution in [-0.2, 0) is 11.3 Å². The Morgan fingerprint density at radius 2 is 1.54 bits per heavy atom. The maximum Gasteiger partial charge on any atom is 0.303 e. The summed E-state index contributed by atoms with van der Waals surface area (Å²) in [6.07, 6.45) is 0.636. The minimum Gasteiger partial charge on any atom is -0.481 e. The number of benzene rings is 3. The second kappa shape index (κ2) is 7.19. The summed E-state index contributed by atoms with van der Waals surface area (Å²) in [4.78, 5) is 11.1. The Morgan fingerprint density at radius 3 is 2.25 bits per heavy atom. The third kappa shape index (κ3) is 3.22. The van der Waals surface area contributed by atoms with Crippen LogP contribution in [0.2, 0.25) is 0 Å². The first-order chi connectivity index (χ1) is 13.5. The zero-order valence-electron chi connectivity index (χ0n) is 15.4. The number of anilines is 2. The summed E-state index contributed by atoms with van der Waals surface area (Å²) in [5.41, 5.74) is 16.6. The molecule has 0 aliphatic heterocycles. The summed E-state index contributed by atoms with van der Waals surface area (Å²) in [5.74, 6) is -0.796. The van der Waals surface area contributed by atoms with Gasteiger partial charge < -0.3 is 16.6 Å². The van der Waals surface area contributed by atoms with E-state index in [1.165, 1.54) is 0 Å². The number of fused-ring (bicyclic) bond motifs is 3. The Morgan fingerprint density at radius 1 is 0.857 bits per heavy atom. The van der Waals surface area contributed by atoms with Gasteiger partial charge in [0.2, 0.25) is 11.2 Å². The van der Waals surface area contributed by atoms with Crippen LogP contribution in [-0.4, -0.2) is 11.1 Å². The Hall–Kier alpha value is -3.60. The standard InChI is InChI=1S/C23H21N3O2/c24-16-8-10-18-19-11-9-17(25)14-21(19)26(12-4-7-22(27)28)23(20(18)13-16)15-5-2-1-3-6-15/h1-3,5-6,8-11,13-14,25H,4,7,12,24H2,(H,27,28)/p+1. The van der Waals surface area contributed by atoms with Crippen molar-refractivity contribution in [2.24, 2.45) is 0 Å². The van der Waals surface area contributed by atoms with Crippen molar-refractivity contribution in [2.75, 3.05) is 11.5 Å². The van der Waals surface area contributed by atoms with Crippen LogP contribution in [0, 0.1) is 0 Å². The summed E-state index contributed by atoms with van der Waals surface area (Å²) in [6.45, 7) is 0.571. The van der Waals surface area contributed by atoms with Gasteiger partial charge in [-0.15, -0.1) is 0 Å². The third-order valence-corrected chi connectivity index (χ3v) is 4.99. The first kappa shape index (κ1) is 17.8. The molecule has 0 aliphatic carbocycles. The maximum absolute atomic E-state index is 11.1. The Kier molecular flexibility index (Phi) is 4.57. The summed E-state index contributed by atoms with van der Waals surface area (Å²) in [6, 6.07) is 21.9. The molecule has 140 valence electrons. The second-order valence-electron chi connectivity index (χ2n) is 6.95. The van der Waals surface area contributed by atoms with E-state index in [4.69, 9.17) is 16.6 Å². The number of pyridine rings is 1. The molecule has 0 spiro atoms. The van der Waals surface area contributed by atoms with Crippen molar-refractivity contribution in [3.63, 3.8) is 0 Å². The molecule has 5 N–H and O–H groups in total. The van der Waals surface area contributed by atoms with Gasteiger partial charge in [-0.25, -0.2) is 0 Å². The van der Waals surface area contributed by atoms with Crippen LogP contribution in [0.15, 0.2) is 66.7 Å². The maximum atomic E-state index is 11.1. The first-order valence-corrected chi connectivity index (χ1v) is 9.26. The monoisotopic (exact) mass is 372 g/mol. The molecular formula is C23H22N3O2+. The van der Waals surface area contributed by atoms with Gasteiger partial charge in [-0.3, -0.25) is 4.79 Å². The van der Waals surface area contributed by atoms with E-state index >= 15 is 0 Å². The number of rotatable bonds is 5. The SMILES string of the molecule is Nc1ccc2c(c1)c(-c1ccccc1)[n+](CCCC(=O)O)c1cc(N)ccc21. The lowest BCUT2D eigenvalue weighted by atomic mass is 9.98. The number of nitrogen functional groups attached to an aromatic ring is 2. The highest BCUT2D eigenvalue weighted by molar-refractivity contribution is 6.10. The highest BCUT2D eigenvalue weighted by Crippen LogP contribution is 2.33. The van der Waals surface area contributed by atoms with Crippen LogP contribution in [0.1, 0.15) is 12.8 Å². The van der Waals surface area contributed by atoms with Gasteiger partial charge in [-0.05, 0) is 36.4 Å². The van der Waals surface area contributed by atoms with E-state index in [2.05, 4.69) is 16.7 Å². The summed E-state index contributed by atoms with van der Waals surface area (Å²) in [5, 5.41) is 12.3. The van der Waals surface area contributed by atoms with E-state index in [0.29, 0.717) is 24.3 Å². The molecule has 0 saturated carbocycles. The van der Waals surface area contributed by atoms with Crippen molar-refractivity contribution in [3.05, 3.63) is 66.7 Å².